The molecule has 1 fully saturated rings. The molecular formula is C26H26FN7O3. The monoisotopic (exact) mass is 503 g/mol. The van der Waals surface area contributed by atoms with Gasteiger partial charge in [0.15, 0.2) is 11.3 Å². The summed E-state index contributed by atoms with van der Waals surface area (Å²) in [4.78, 5) is 45.7. The van der Waals surface area contributed by atoms with Crippen molar-refractivity contribution in [1.29, 1.82) is 0 Å². The molecule has 0 spiro atoms. The molecule has 1 unspecified atom stereocenters. The van der Waals surface area contributed by atoms with Crippen LogP contribution < -0.4 is 15.8 Å². The average Bonchev–Trinajstić information content (AvgIpc) is 3.49. The van der Waals surface area contributed by atoms with Gasteiger partial charge < -0.3 is 19.7 Å². The lowest BCUT2D eigenvalue weighted by Crippen LogP contribution is -2.40. The Hall–Kier alpha value is -4.54. The fraction of sp³-hybridized carbons (Fsp3) is 0.269. The number of carbonyl (C=O) groups excluding carboxylic acids is 2. The molecule has 2 atom stereocenters. The number of rotatable bonds is 5. The number of nitrogens with zero attached hydrogens (tertiary/aromatic N) is 6. The van der Waals surface area contributed by atoms with Gasteiger partial charge in [0.25, 0.3) is 17.4 Å². The minimum absolute atomic E-state index is 0.0514. The number of aromatic nitrogens is 4. The highest BCUT2D eigenvalue weighted by Crippen LogP contribution is 2.36. The third kappa shape index (κ3) is 4.55. The number of hydrogen-bond donors (Lipinski definition) is 1. The van der Waals surface area contributed by atoms with Crippen LogP contribution in [0.4, 0.5) is 10.2 Å². The molecule has 4 aromatic rings. The minimum atomic E-state index is -0.470. The van der Waals surface area contributed by atoms with Crippen LogP contribution in [0.5, 0.6) is 0 Å². The molecule has 0 saturated carbocycles. The molecule has 5 rings (SSSR count). The van der Waals surface area contributed by atoms with E-state index in [1.54, 1.807) is 51.6 Å². The lowest BCUT2D eigenvalue weighted by atomic mass is 10.0. The Bertz CT molecular complexity index is 1560. The maximum atomic E-state index is 14.1. The first-order valence-electron chi connectivity index (χ1n) is 11.8. The van der Waals surface area contributed by atoms with Gasteiger partial charge in [-0.25, -0.2) is 13.9 Å². The second-order valence-electron chi connectivity index (χ2n) is 9.27. The van der Waals surface area contributed by atoms with E-state index in [9.17, 15) is 18.8 Å². The predicted octanol–water partition coefficient (Wildman–Crippen LogP) is 2.02. The number of halogens is 1. The number of amides is 2. The largest absolute Gasteiger partial charge is 0.347 e. The zero-order valence-electron chi connectivity index (χ0n) is 20.6. The van der Waals surface area contributed by atoms with Gasteiger partial charge in [-0.05, 0) is 48.4 Å². The molecule has 11 heteroatoms. The van der Waals surface area contributed by atoms with Gasteiger partial charge in [0.1, 0.15) is 17.2 Å². The molecule has 37 heavy (non-hydrogen) atoms. The highest BCUT2D eigenvalue weighted by atomic mass is 19.1. The number of imidazole rings is 1. The van der Waals surface area contributed by atoms with Crippen molar-refractivity contribution in [2.45, 2.75) is 18.5 Å². The first kappa shape index (κ1) is 24.2. The molecule has 10 nitrogen and oxygen atoms in total. The first-order valence-corrected chi connectivity index (χ1v) is 11.8. The fourth-order valence-corrected chi connectivity index (χ4v) is 4.65. The molecule has 0 radical (unpaired) electrons. The van der Waals surface area contributed by atoms with Crippen LogP contribution in [0.1, 0.15) is 38.9 Å². The van der Waals surface area contributed by atoms with Crippen LogP contribution in [0.2, 0.25) is 0 Å². The number of hydrogen-bond acceptors (Lipinski definition) is 6. The molecule has 1 N–H and O–H groups in total. The summed E-state index contributed by atoms with van der Waals surface area (Å²) in [5.74, 6) is -0.535. The number of fused-ring (bicyclic) bond motifs is 1. The van der Waals surface area contributed by atoms with E-state index >= 15 is 0 Å². The predicted molar refractivity (Wildman–Crippen MR) is 135 cm³/mol. The Morgan fingerprint density at radius 1 is 1.14 bits per heavy atom. The number of carbonyl (C=O) groups is 2. The van der Waals surface area contributed by atoms with Gasteiger partial charge in [-0.1, -0.05) is 12.1 Å². The van der Waals surface area contributed by atoms with Gasteiger partial charge in [-0.3, -0.25) is 14.4 Å². The maximum absolute atomic E-state index is 14.1. The molecule has 190 valence electrons. The summed E-state index contributed by atoms with van der Waals surface area (Å²) in [6, 6.07) is 12.4. The standard InChI is InChI=1S/C26H26FN7O3/c1-31(2)26(37)21-14-28-22-9-10-23(30-34(21)22)33-15-18(13-20(33)16-6-4-7-17(27)12-16)29-24(35)19-8-5-11-32(3)25(19)36/h4-12,14,18,20H,13,15H2,1-3H3,(H,29,35)/t18?,20-/m1/s1. The molecule has 1 aliphatic heterocycles. The Kier molecular flexibility index (Phi) is 6.20. The van der Waals surface area contributed by atoms with E-state index in [2.05, 4.69) is 15.4 Å². The molecule has 3 aromatic heterocycles. The summed E-state index contributed by atoms with van der Waals surface area (Å²) in [5.41, 5.74) is 1.22. The van der Waals surface area contributed by atoms with E-state index in [0.29, 0.717) is 30.1 Å². The van der Waals surface area contributed by atoms with Gasteiger partial charge in [-0.2, -0.15) is 0 Å². The molecule has 1 aromatic carbocycles. The van der Waals surface area contributed by atoms with Crippen LogP contribution >= 0.6 is 0 Å². The van der Waals surface area contributed by atoms with Crippen molar-refractivity contribution < 1.29 is 14.0 Å². The summed E-state index contributed by atoms with van der Waals surface area (Å²) < 4.78 is 17.0. The van der Waals surface area contributed by atoms with E-state index < -0.39 is 5.91 Å². The van der Waals surface area contributed by atoms with Crippen LogP contribution in [0.3, 0.4) is 0 Å². The summed E-state index contributed by atoms with van der Waals surface area (Å²) in [7, 11) is 4.89. The third-order valence-electron chi connectivity index (χ3n) is 6.51. The van der Waals surface area contributed by atoms with Crippen molar-refractivity contribution >= 4 is 23.3 Å². The van der Waals surface area contributed by atoms with Crippen LogP contribution in [-0.4, -0.2) is 62.6 Å². The summed E-state index contributed by atoms with van der Waals surface area (Å²) in [6.45, 7) is 0.365. The molecule has 0 aliphatic carbocycles. The fourth-order valence-electron chi connectivity index (χ4n) is 4.65. The first-order chi connectivity index (χ1) is 17.7. The van der Waals surface area contributed by atoms with Crippen molar-refractivity contribution in [3.05, 3.63) is 93.9 Å². The Balaban J connectivity index is 1.50. The highest BCUT2D eigenvalue weighted by Gasteiger charge is 2.36. The Morgan fingerprint density at radius 3 is 2.70 bits per heavy atom. The van der Waals surface area contributed by atoms with Crippen LogP contribution in [-0.2, 0) is 7.05 Å². The number of aryl methyl sites for hydroxylation is 1. The number of pyridine rings is 1. The van der Waals surface area contributed by atoms with E-state index in [1.165, 1.54) is 38.4 Å². The van der Waals surface area contributed by atoms with Gasteiger partial charge in [0.2, 0.25) is 0 Å². The molecule has 2 amide bonds. The summed E-state index contributed by atoms with van der Waals surface area (Å²) in [6.07, 6.45) is 3.53. The quantitative estimate of drug-likeness (QED) is 0.447. The van der Waals surface area contributed by atoms with Crippen molar-refractivity contribution in [2.24, 2.45) is 7.05 Å². The van der Waals surface area contributed by atoms with Crippen molar-refractivity contribution in [3.8, 4) is 0 Å². The second kappa shape index (κ2) is 9.49. The van der Waals surface area contributed by atoms with E-state index in [0.717, 1.165) is 5.56 Å². The molecule has 0 bridgehead atoms. The lowest BCUT2D eigenvalue weighted by Gasteiger charge is -2.26. The number of nitrogens with one attached hydrogen (secondary N) is 1. The van der Waals surface area contributed by atoms with Gasteiger partial charge in [0, 0.05) is 39.9 Å². The highest BCUT2D eigenvalue weighted by molar-refractivity contribution is 5.94. The van der Waals surface area contributed by atoms with E-state index in [1.807, 2.05) is 11.0 Å². The summed E-state index contributed by atoms with van der Waals surface area (Å²) in [5, 5.41) is 7.65. The van der Waals surface area contributed by atoms with Gasteiger partial charge in [-0.15, -0.1) is 5.10 Å². The number of benzene rings is 1. The topological polar surface area (TPSA) is 105 Å². The summed E-state index contributed by atoms with van der Waals surface area (Å²) >= 11 is 0. The normalized spacial score (nSPS) is 17.2. The van der Waals surface area contributed by atoms with E-state index in [-0.39, 0.29) is 34.9 Å². The zero-order valence-corrected chi connectivity index (χ0v) is 20.6. The molecule has 1 aliphatic rings. The maximum Gasteiger partial charge on any atom is 0.273 e. The minimum Gasteiger partial charge on any atom is -0.347 e. The molecule has 4 heterocycles. The van der Waals surface area contributed by atoms with E-state index in [4.69, 9.17) is 0 Å². The Labute approximate surface area is 211 Å². The lowest BCUT2D eigenvalue weighted by molar-refractivity contribution is 0.0819. The van der Waals surface area contributed by atoms with Gasteiger partial charge >= 0.3 is 0 Å². The molecular weight excluding hydrogens is 477 g/mol. The van der Waals surface area contributed by atoms with Crippen LogP contribution in [0.25, 0.3) is 5.65 Å². The van der Waals surface area contributed by atoms with Crippen molar-refractivity contribution in [2.75, 3.05) is 25.5 Å². The Morgan fingerprint density at radius 2 is 1.95 bits per heavy atom. The van der Waals surface area contributed by atoms with Crippen molar-refractivity contribution in [3.63, 3.8) is 0 Å². The SMILES string of the molecule is CN(C)C(=O)c1cnc2ccc(N3CC(NC(=O)c4cccn(C)c4=O)C[C@@H]3c3cccc(F)c3)nn12. The van der Waals surface area contributed by atoms with Crippen LogP contribution in [0, 0.1) is 5.82 Å². The average molecular weight is 504 g/mol. The number of anilines is 1. The van der Waals surface area contributed by atoms with Crippen molar-refractivity contribution in [1.82, 2.24) is 29.4 Å². The van der Waals surface area contributed by atoms with Gasteiger partial charge in [0.05, 0.1) is 12.2 Å². The molecule has 1 saturated heterocycles. The zero-order chi connectivity index (χ0) is 26.3. The third-order valence-corrected chi connectivity index (χ3v) is 6.51. The smallest absolute Gasteiger partial charge is 0.273 e. The second-order valence-corrected chi connectivity index (χ2v) is 9.27. The van der Waals surface area contributed by atoms with Crippen LogP contribution in [0.15, 0.2) is 65.7 Å².